The quantitative estimate of drug-likeness (QED) is 0.683. The Morgan fingerprint density at radius 2 is 1.83 bits per heavy atom. The lowest BCUT2D eigenvalue weighted by Gasteiger charge is -2.17. The number of benzene rings is 1. The Kier molecular flexibility index (Phi) is 4.81. The van der Waals surface area contributed by atoms with Gasteiger partial charge in [-0.05, 0) is 12.0 Å². The summed E-state index contributed by atoms with van der Waals surface area (Å²) >= 11 is 0. The smallest absolute Gasteiger partial charge is 0.298 e. The molecule has 0 spiro atoms. The number of hydrogen-bond donors (Lipinski definition) is 3. The molecule has 24 heavy (non-hydrogen) atoms. The van der Waals surface area contributed by atoms with Crippen molar-refractivity contribution >= 4 is 21.9 Å². The van der Waals surface area contributed by atoms with Crippen molar-refractivity contribution in [3.8, 4) is 17.2 Å². The molecule has 0 amide bonds. The van der Waals surface area contributed by atoms with E-state index in [2.05, 4.69) is 9.97 Å². The first kappa shape index (κ1) is 17.8. The van der Waals surface area contributed by atoms with Crippen LogP contribution in [0.25, 0.3) is 0 Å². The minimum atomic E-state index is -4.51. The number of ether oxygens (including phenoxy) is 2. The van der Waals surface area contributed by atoms with E-state index < -0.39 is 15.0 Å². The minimum absolute atomic E-state index is 0.00132. The van der Waals surface area contributed by atoms with Crippen molar-refractivity contribution in [2.75, 3.05) is 18.6 Å². The summed E-state index contributed by atoms with van der Waals surface area (Å²) in [5.41, 5.74) is 11.8. The Labute approximate surface area is 139 Å². The van der Waals surface area contributed by atoms with Gasteiger partial charge in [-0.3, -0.25) is 4.55 Å². The minimum Gasteiger partial charge on any atom is -0.495 e. The van der Waals surface area contributed by atoms with Crippen LogP contribution < -0.4 is 20.9 Å². The number of hydrogen-bond acceptors (Lipinski definition) is 8. The molecule has 0 bridgehead atoms. The third-order valence-corrected chi connectivity index (χ3v) is 4.09. The maximum Gasteiger partial charge on any atom is 0.298 e. The van der Waals surface area contributed by atoms with Crippen molar-refractivity contribution in [2.45, 2.75) is 24.7 Å². The zero-order valence-electron chi connectivity index (χ0n) is 13.3. The monoisotopic (exact) mass is 354 g/mol. The molecule has 2 aromatic rings. The van der Waals surface area contributed by atoms with Gasteiger partial charge in [0.1, 0.15) is 16.4 Å². The molecule has 0 saturated heterocycles. The highest BCUT2D eigenvalue weighted by molar-refractivity contribution is 7.86. The third-order valence-electron chi connectivity index (χ3n) is 3.22. The number of anilines is 2. The highest BCUT2D eigenvalue weighted by Crippen LogP contribution is 2.38. The van der Waals surface area contributed by atoms with E-state index in [4.69, 9.17) is 20.9 Å². The average molecular weight is 354 g/mol. The van der Waals surface area contributed by atoms with Crippen molar-refractivity contribution in [1.82, 2.24) is 9.97 Å². The first-order valence-electron chi connectivity index (χ1n) is 6.88. The first-order chi connectivity index (χ1) is 11.1. The summed E-state index contributed by atoms with van der Waals surface area (Å²) in [5, 5.41) is 0. The summed E-state index contributed by atoms with van der Waals surface area (Å²) in [6.45, 7) is 3.77. The van der Waals surface area contributed by atoms with Crippen molar-refractivity contribution < 1.29 is 22.4 Å². The molecular weight excluding hydrogens is 336 g/mol. The van der Waals surface area contributed by atoms with Crippen LogP contribution in [0.1, 0.15) is 25.3 Å². The van der Waals surface area contributed by atoms with Crippen LogP contribution in [0.5, 0.6) is 17.2 Å². The molecule has 5 N–H and O–H groups in total. The number of nitrogens with zero attached hydrogens (tertiary/aromatic N) is 2. The standard InChI is InChI=1S/C14H18N4O5S/c1-7(2)8-4-10(22-3)12(24(19,20)21)5-9(8)23-11-6-17-14(16)18-13(11)15/h4-7H,1-3H3,(H,19,20,21)(H4,15,16,17,18). The Morgan fingerprint density at radius 3 is 2.33 bits per heavy atom. The molecule has 2 rings (SSSR count). The molecule has 1 heterocycles. The molecule has 1 aromatic carbocycles. The average Bonchev–Trinajstić information content (AvgIpc) is 2.48. The van der Waals surface area contributed by atoms with E-state index in [1.54, 1.807) is 0 Å². The zero-order valence-corrected chi connectivity index (χ0v) is 14.2. The summed E-state index contributed by atoms with van der Waals surface area (Å²) < 4.78 is 43.2. The van der Waals surface area contributed by atoms with Gasteiger partial charge in [-0.1, -0.05) is 13.8 Å². The van der Waals surface area contributed by atoms with E-state index in [-0.39, 0.29) is 34.9 Å². The van der Waals surface area contributed by atoms with E-state index in [1.165, 1.54) is 25.4 Å². The molecule has 10 heteroatoms. The van der Waals surface area contributed by atoms with Gasteiger partial charge in [0.2, 0.25) is 5.95 Å². The van der Waals surface area contributed by atoms with Gasteiger partial charge in [0.05, 0.1) is 13.3 Å². The molecule has 130 valence electrons. The number of aromatic nitrogens is 2. The van der Waals surface area contributed by atoms with Gasteiger partial charge in [-0.2, -0.15) is 13.4 Å². The van der Waals surface area contributed by atoms with Gasteiger partial charge in [0.25, 0.3) is 10.1 Å². The molecule has 0 atom stereocenters. The zero-order chi connectivity index (χ0) is 18.1. The van der Waals surface area contributed by atoms with Crippen molar-refractivity contribution in [3.05, 3.63) is 23.9 Å². The second-order valence-electron chi connectivity index (χ2n) is 5.25. The number of rotatable bonds is 5. The van der Waals surface area contributed by atoms with Gasteiger partial charge < -0.3 is 20.9 Å². The third kappa shape index (κ3) is 3.66. The molecule has 0 aliphatic carbocycles. The van der Waals surface area contributed by atoms with Gasteiger partial charge in [0.15, 0.2) is 11.6 Å². The van der Waals surface area contributed by atoms with E-state index in [0.29, 0.717) is 5.56 Å². The lowest BCUT2D eigenvalue weighted by atomic mass is 10.0. The van der Waals surface area contributed by atoms with Crippen LogP contribution in [0.4, 0.5) is 11.8 Å². The topological polar surface area (TPSA) is 151 Å². The van der Waals surface area contributed by atoms with Crippen LogP contribution in [-0.2, 0) is 10.1 Å². The molecular formula is C14H18N4O5S. The molecule has 0 radical (unpaired) electrons. The molecule has 0 aliphatic heterocycles. The van der Waals surface area contributed by atoms with Crippen molar-refractivity contribution in [3.63, 3.8) is 0 Å². The summed E-state index contributed by atoms with van der Waals surface area (Å²) in [7, 11) is -3.20. The summed E-state index contributed by atoms with van der Waals surface area (Å²) in [6, 6.07) is 2.65. The lowest BCUT2D eigenvalue weighted by molar-refractivity contribution is 0.392. The second kappa shape index (κ2) is 6.49. The maximum absolute atomic E-state index is 11.6. The summed E-state index contributed by atoms with van der Waals surface area (Å²) in [6.07, 6.45) is 1.28. The van der Waals surface area contributed by atoms with Gasteiger partial charge >= 0.3 is 0 Å². The van der Waals surface area contributed by atoms with Crippen LogP contribution >= 0.6 is 0 Å². The van der Waals surface area contributed by atoms with Crippen molar-refractivity contribution in [2.24, 2.45) is 0 Å². The molecule has 1 aromatic heterocycles. The fourth-order valence-corrected chi connectivity index (χ4v) is 2.71. The largest absolute Gasteiger partial charge is 0.495 e. The fraction of sp³-hybridized carbons (Fsp3) is 0.286. The summed E-state index contributed by atoms with van der Waals surface area (Å²) in [5.74, 6) is 0.255. The van der Waals surface area contributed by atoms with Gasteiger partial charge in [0, 0.05) is 11.6 Å². The van der Waals surface area contributed by atoms with Crippen LogP contribution in [0.2, 0.25) is 0 Å². The van der Waals surface area contributed by atoms with Crippen LogP contribution in [-0.4, -0.2) is 30.0 Å². The van der Waals surface area contributed by atoms with E-state index >= 15 is 0 Å². The highest BCUT2D eigenvalue weighted by Gasteiger charge is 2.22. The number of nitrogens with two attached hydrogens (primary N) is 2. The van der Waals surface area contributed by atoms with Crippen LogP contribution in [0.15, 0.2) is 23.2 Å². The number of nitrogen functional groups attached to an aromatic ring is 2. The van der Waals surface area contributed by atoms with Crippen molar-refractivity contribution in [1.29, 1.82) is 0 Å². The Morgan fingerprint density at radius 1 is 1.17 bits per heavy atom. The van der Waals surface area contributed by atoms with Gasteiger partial charge in [-0.25, -0.2) is 4.98 Å². The molecule has 0 aliphatic rings. The second-order valence-corrected chi connectivity index (χ2v) is 6.64. The highest BCUT2D eigenvalue weighted by atomic mass is 32.2. The SMILES string of the molecule is COc1cc(C(C)C)c(Oc2cnc(N)nc2N)cc1S(=O)(=O)O. The van der Waals surface area contributed by atoms with E-state index in [9.17, 15) is 13.0 Å². The van der Waals surface area contributed by atoms with Crippen LogP contribution in [0, 0.1) is 0 Å². The normalized spacial score (nSPS) is 11.5. The Balaban J connectivity index is 2.62. The number of methoxy groups -OCH3 is 1. The lowest BCUT2D eigenvalue weighted by Crippen LogP contribution is -2.06. The molecule has 9 nitrogen and oxygen atoms in total. The Bertz CT molecular complexity index is 868. The molecule has 0 saturated carbocycles. The fourth-order valence-electron chi connectivity index (χ4n) is 2.05. The van der Waals surface area contributed by atoms with E-state index in [0.717, 1.165) is 0 Å². The maximum atomic E-state index is 11.6. The molecule has 0 unspecified atom stereocenters. The van der Waals surface area contributed by atoms with E-state index in [1.807, 2.05) is 13.8 Å². The summed E-state index contributed by atoms with van der Waals surface area (Å²) in [4.78, 5) is 7.14. The van der Waals surface area contributed by atoms with Gasteiger partial charge in [-0.15, -0.1) is 0 Å². The Hall–Kier alpha value is -2.59. The predicted octanol–water partition coefficient (Wildman–Crippen LogP) is 1.81. The predicted molar refractivity (Wildman–Crippen MR) is 87.8 cm³/mol. The molecule has 0 fully saturated rings. The first-order valence-corrected chi connectivity index (χ1v) is 8.32. The van der Waals surface area contributed by atoms with Crippen LogP contribution in [0.3, 0.4) is 0 Å².